The number of rotatable bonds is 6. The number of aryl methyl sites for hydroxylation is 1. The third kappa shape index (κ3) is 2.74. The molecule has 0 spiro atoms. The zero-order valence-electron chi connectivity index (χ0n) is 10.3. The Morgan fingerprint density at radius 2 is 2.31 bits per heavy atom. The largest absolute Gasteiger partial charge is 0.387 e. The van der Waals surface area contributed by atoms with Gasteiger partial charge < -0.3 is 15.2 Å². The molecule has 5 nitrogen and oxygen atoms in total. The second-order valence-electron chi connectivity index (χ2n) is 3.91. The Morgan fingerprint density at radius 1 is 1.62 bits per heavy atom. The van der Waals surface area contributed by atoms with Crippen LogP contribution in [0.4, 0.5) is 5.95 Å². The average Bonchev–Trinajstić information content (AvgIpc) is 2.73. The molecule has 5 heteroatoms. The molecule has 0 aliphatic rings. The molecule has 1 heterocycles. The van der Waals surface area contributed by atoms with Gasteiger partial charge in [-0.3, -0.25) is 5.41 Å². The van der Waals surface area contributed by atoms with Gasteiger partial charge in [0.2, 0.25) is 5.95 Å². The maximum Gasteiger partial charge on any atom is 0.205 e. The van der Waals surface area contributed by atoms with E-state index >= 15 is 0 Å². The summed E-state index contributed by atoms with van der Waals surface area (Å²) in [5, 5.41) is 7.42. The minimum atomic E-state index is 0.0574. The van der Waals surface area contributed by atoms with Gasteiger partial charge in [-0.05, 0) is 13.8 Å². The van der Waals surface area contributed by atoms with Crippen molar-refractivity contribution < 1.29 is 0 Å². The van der Waals surface area contributed by atoms with Crippen LogP contribution in [0.25, 0.3) is 0 Å². The van der Waals surface area contributed by atoms with Crippen LogP contribution in [0, 0.1) is 11.3 Å². The molecule has 0 aromatic carbocycles. The van der Waals surface area contributed by atoms with E-state index in [1.165, 1.54) is 0 Å². The van der Waals surface area contributed by atoms with Gasteiger partial charge in [0, 0.05) is 37.9 Å². The Kier molecular flexibility index (Phi) is 4.34. The monoisotopic (exact) mass is 223 g/mol. The number of anilines is 1. The van der Waals surface area contributed by atoms with Crippen LogP contribution in [0.15, 0.2) is 12.4 Å². The Labute approximate surface area is 96.8 Å². The summed E-state index contributed by atoms with van der Waals surface area (Å²) in [5.41, 5.74) is 5.49. The van der Waals surface area contributed by atoms with Crippen LogP contribution in [0.5, 0.6) is 0 Å². The number of aromatic nitrogens is 2. The molecule has 1 aromatic rings. The van der Waals surface area contributed by atoms with Gasteiger partial charge in [0.25, 0.3) is 0 Å². The fraction of sp³-hybridized carbons (Fsp3) is 0.636. The Balaban J connectivity index is 2.78. The summed E-state index contributed by atoms with van der Waals surface area (Å²) in [7, 11) is 0. The fourth-order valence-electron chi connectivity index (χ4n) is 1.61. The van der Waals surface area contributed by atoms with Gasteiger partial charge in [0.1, 0.15) is 0 Å². The van der Waals surface area contributed by atoms with Crippen molar-refractivity contribution >= 4 is 11.8 Å². The first-order valence-corrected chi connectivity index (χ1v) is 5.70. The van der Waals surface area contributed by atoms with Crippen molar-refractivity contribution in [1.82, 2.24) is 9.55 Å². The van der Waals surface area contributed by atoms with Gasteiger partial charge in [0.15, 0.2) is 0 Å². The summed E-state index contributed by atoms with van der Waals surface area (Å²) in [6.07, 6.45) is 3.77. The van der Waals surface area contributed by atoms with Gasteiger partial charge in [-0.2, -0.15) is 0 Å². The molecule has 0 bridgehead atoms. The maximum absolute atomic E-state index is 7.42. The van der Waals surface area contributed by atoms with E-state index < -0.39 is 0 Å². The molecular weight excluding hydrogens is 202 g/mol. The fourth-order valence-corrected chi connectivity index (χ4v) is 1.61. The van der Waals surface area contributed by atoms with Crippen molar-refractivity contribution in [1.29, 1.82) is 5.41 Å². The van der Waals surface area contributed by atoms with Crippen molar-refractivity contribution in [3.8, 4) is 0 Å². The van der Waals surface area contributed by atoms with E-state index in [0.717, 1.165) is 25.6 Å². The highest BCUT2D eigenvalue weighted by molar-refractivity contribution is 5.79. The highest BCUT2D eigenvalue weighted by Crippen LogP contribution is 2.13. The van der Waals surface area contributed by atoms with E-state index in [1.54, 1.807) is 6.20 Å². The number of nitrogens with one attached hydrogen (secondary N) is 1. The number of nitrogens with two attached hydrogens (primary N) is 1. The van der Waals surface area contributed by atoms with E-state index in [-0.39, 0.29) is 11.8 Å². The quantitative estimate of drug-likeness (QED) is 0.564. The SMILES string of the molecule is CCN(CC(C)C(=N)N)c1nccn1CC. The third-order valence-corrected chi connectivity index (χ3v) is 2.72. The molecule has 90 valence electrons. The van der Waals surface area contributed by atoms with Crippen LogP contribution in [0.2, 0.25) is 0 Å². The smallest absolute Gasteiger partial charge is 0.205 e. The normalized spacial score (nSPS) is 12.4. The minimum absolute atomic E-state index is 0.0574. The molecule has 1 aromatic heterocycles. The average molecular weight is 223 g/mol. The van der Waals surface area contributed by atoms with E-state index in [1.807, 2.05) is 13.1 Å². The first kappa shape index (κ1) is 12.5. The molecule has 0 amide bonds. The number of hydrogen-bond donors (Lipinski definition) is 2. The summed E-state index contributed by atoms with van der Waals surface area (Å²) < 4.78 is 2.09. The lowest BCUT2D eigenvalue weighted by atomic mass is 10.1. The van der Waals surface area contributed by atoms with Crippen LogP contribution in [-0.2, 0) is 6.54 Å². The summed E-state index contributed by atoms with van der Waals surface area (Å²) in [4.78, 5) is 6.50. The number of imidazole rings is 1. The summed E-state index contributed by atoms with van der Waals surface area (Å²) >= 11 is 0. The van der Waals surface area contributed by atoms with Crippen molar-refractivity contribution in [3.05, 3.63) is 12.4 Å². The third-order valence-electron chi connectivity index (χ3n) is 2.72. The molecular formula is C11H21N5. The van der Waals surface area contributed by atoms with Crippen molar-refractivity contribution in [2.45, 2.75) is 27.3 Å². The zero-order chi connectivity index (χ0) is 12.1. The lowest BCUT2D eigenvalue weighted by Crippen LogP contribution is -2.35. The predicted octanol–water partition coefficient (Wildman–Crippen LogP) is 1.30. The Morgan fingerprint density at radius 3 is 2.81 bits per heavy atom. The highest BCUT2D eigenvalue weighted by Gasteiger charge is 2.15. The molecule has 0 saturated heterocycles. The molecule has 1 rings (SSSR count). The Bertz CT molecular complexity index is 344. The first-order valence-electron chi connectivity index (χ1n) is 5.70. The molecule has 0 aliphatic carbocycles. The van der Waals surface area contributed by atoms with Gasteiger partial charge in [-0.1, -0.05) is 6.92 Å². The van der Waals surface area contributed by atoms with Crippen LogP contribution in [0.3, 0.4) is 0 Å². The molecule has 3 N–H and O–H groups in total. The first-order chi connectivity index (χ1) is 7.60. The summed E-state index contributed by atoms with van der Waals surface area (Å²) in [5.74, 6) is 1.24. The van der Waals surface area contributed by atoms with Crippen molar-refractivity contribution in [2.75, 3.05) is 18.0 Å². The second kappa shape index (κ2) is 5.53. The predicted molar refractivity (Wildman–Crippen MR) is 66.9 cm³/mol. The van der Waals surface area contributed by atoms with Crippen molar-refractivity contribution in [2.24, 2.45) is 11.7 Å². The van der Waals surface area contributed by atoms with Crippen molar-refractivity contribution in [3.63, 3.8) is 0 Å². The van der Waals surface area contributed by atoms with Gasteiger partial charge in [0.05, 0.1) is 5.84 Å². The maximum atomic E-state index is 7.42. The Hall–Kier alpha value is -1.52. The highest BCUT2D eigenvalue weighted by atomic mass is 15.3. The molecule has 0 saturated carbocycles. The van der Waals surface area contributed by atoms with Crippen LogP contribution >= 0.6 is 0 Å². The zero-order valence-corrected chi connectivity index (χ0v) is 10.3. The molecule has 1 unspecified atom stereocenters. The van der Waals surface area contributed by atoms with Gasteiger partial charge in [-0.15, -0.1) is 0 Å². The standard InChI is InChI=1S/C11H21N5/c1-4-15-7-6-14-11(15)16(5-2)8-9(3)10(12)13/h6-7,9H,4-5,8H2,1-3H3,(H3,12,13). The summed E-state index contributed by atoms with van der Waals surface area (Å²) in [6.45, 7) is 8.65. The number of nitrogens with zero attached hydrogens (tertiary/aromatic N) is 3. The second-order valence-corrected chi connectivity index (χ2v) is 3.91. The lowest BCUT2D eigenvalue weighted by Gasteiger charge is -2.25. The number of amidine groups is 1. The van der Waals surface area contributed by atoms with E-state index in [9.17, 15) is 0 Å². The molecule has 1 atom stereocenters. The molecule has 0 aliphatic heterocycles. The van der Waals surface area contributed by atoms with Crippen LogP contribution in [-0.4, -0.2) is 28.5 Å². The topological polar surface area (TPSA) is 70.9 Å². The van der Waals surface area contributed by atoms with Crippen LogP contribution in [0.1, 0.15) is 20.8 Å². The molecule has 0 radical (unpaired) electrons. The lowest BCUT2D eigenvalue weighted by molar-refractivity contribution is 0.650. The van der Waals surface area contributed by atoms with E-state index in [4.69, 9.17) is 11.1 Å². The summed E-state index contributed by atoms with van der Waals surface area (Å²) in [6, 6.07) is 0. The number of hydrogen-bond acceptors (Lipinski definition) is 3. The van der Waals surface area contributed by atoms with Gasteiger partial charge in [-0.25, -0.2) is 4.98 Å². The van der Waals surface area contributed by atoms with E-state index in [2.05, 4.69) is 28.3 Å². The van der Waals surface area contributed by atoms with Gasteiger partial charge >= 0.3 is 0 Å². The van der Waals surface area contributed by atoms with E-state index in [0.29, 0.717) is 0 Å². The van der Waals surface area contributed by atoms with Crippen LogP contribution < -0.4 is 10.6 Å². The minimum Gasteiger partial charge on any atom is -0.387 e. The molecule has 16 heavy (non-hydrogen) atoms. The molecule has 0 fully saturated rings.